The van der Waals surface area contributed by atoms with Crippen molar-refractivity contribution < 1.29 is 0 Å². The van der Waals surface area contributed by atoms with Crippen LogP contribution in [0.15, 0.2) is 53.5 Å². The van der Waals surface area contributed by atoms with E-state index in [-0.39, 0.29) is 0 Å². The highest BCUT2D eigenvalue weighted by Crippen LogP contribution is 2.16. The van der Waals surface area contributed by atoms with Gasteiger partial charge in [-0.05, 0) is 42.0 Å². The largest absolute Gasteiger partial charge is 0.256 e. The average Bonchev–Trinajstić information content (AvgIpc) is 2.28. The van der Waals surface area contributed by atoms with E-state index in [2.05, 4.69) is 4.99 Å². The van der Waals surface area contributed by atoms with E-state index < -0.39 is 0 Å². The second-order valence-corrected chi connectivity index (χ2v) is 4.16. The molecule has 0 atom stereocenters. The second-order valence-electron chi connectivity index (χ2n) is 3.29. The van der Waals surface area contributed by atoms with Gasteiger partial charge in [0, 0.05) is 16.3 Å². The lowest BCUT2D eigenvalue weighted by atomic mass is 10.2. The molecular weight excluding hydrogens is 241 g/mol. The van der Waals surface area contributed by atoms with Crippen molar-refractivity contribution in [3.63, 3.8) is 0 Å². The zero-order chi connectivity index (χ0) is 11.4. The molecule has 2 aromatic rings. The summed E-state index contributed by atoms with van der Waals surface area (Å²) < 4.78 is 0. The molecule has 0 aromatic heterocycles. The van der Waals surface area contributed by atoms with Gasteiger partial charge in [-0.3, -0.25) is 4.99 Å². The van der Waals surface area contributed by atoms with Crippen LogP contribution in [0.2, 0.25) is 10.0 Å². The van der Waals surface area contributed by atoms with Crippen LogP contribution in [0.4, 0.5) is 5.69 Å². The predicted molar refractivity (Wildman–Crippen MR) is 70.2 cm³/mol. The Hall–Kier alpha value is -1.31. The van der Waals surface area contributed by atoms with E-state index >= 15 is 0 Å². The van der Waals surface area contributed by atoms with Gasteiger partial charge >= 0.3 is 0 Å². The molecule has 0 N–H and O–H groups in total. The van der Waals surface area contributed by atoms with Crippen LogP contribution in [0, 0.1) is 0 Å². The fraction of sp³-hybridized carbons (Fsp3) is 0. The van der Waals surface area contributed by atoms with Crippen molar-refractivity contribution in [1.29, 1.82) is 0 Å². The van der Waals surface area contributed by atoms with Gasteiger partial charge in [-0.2, -0.15) is 0 Å². The summed E-state index contributed by atoms with van der Waals surface area (Å²) in [7, 11) is 0. The van der Waals surface area contributed by atoms with Crippen molar-refractivity contribution >= 4 is 35.1 Å². The van der Waals surface area contributed by atoms with Crippen LogP contribution in [0.1, 0.15) is 5.56 Å². The smallest absolute Gasteiger partial charge is 0.0630 e. The van der Waals surface area contributed by atoms with Crippen molar-refractivity contribution in [3.05, 3.63) is 64.1 Å². The first kappa shape index (κ1) is 11.2. The molecule has 0 fully saturated rings. The van der Waals surface area contributed by atoms with Crippen molar-refractivity contribution in [2.24, 2.45) is 4.99 Å². The summed E-state index contributed by atoms with van der Waals surface area (Å²) in [5, 5.41) is 1.42. The Kier molecular flexibility index (Phi) is 3.60. The molecule has 0 spiro atoms. The third-order valence-corrected chi connectivity index (χ3v) is 2.53. The highest BCUT2D eigenvalue weighted by atomic mass is 35.5. The summed E-state index contributed by atoms with van der Waals surface area (Å²) >= 11 is 11.6. The Morgan fingerprint density at radius 1 is 0.875 bits per heavy atom. The molecule has 0 amide bonds. The Balaban J connectivity index is 2.18. The molecule has 0 saturated carbocycles. The minimum atomic E-state index is 0.708. The third kappa shape index (κ3) is 3.09. The Labute approximate surface area is 104 Å². The molecule has 0 bridgehead atoms. The first-order valence-corrected chi connectivity index (χ1v) is 5.55. The lowest BCUT2D eigenvalue weighted by Gasteiger charge is -1.95. The van der Waals surface area contributed by atoms with Gasteiger partial charge in [-0.15, -0.1) is 0 Å². The number of rotatable bonds is 2. The van der Waals surface area contributed by atoms with E-state index in [0.29, 0.717) is 10.0 Å². The van der Waals surface area contributed by atoms with Gasteiger partial charge in [0.25, 0.3) is 0 Å². The number of hydrogen-bond donors (Lipinski definition) is 0. The first-order valence-electron chi connectivity index (χ1n) is 4.79. The molecule has 0 aliphatic heterocycles. The van der Waals surface area contributed by atoms with E-state index in [9.17, 15) is 0 Å². The van der Waals surface area contributed by atoms with Gasteiger partial charge in [0.2, 0.25) is 0 Å². The summed E-state index contributed by atoms with van der Waals surface area (Å²) in [6, 6.07) is 14.9. The lowest BCUT2D eigenvalue weighted by Crippen LogP contribution is -1.79. The van der Waals surface area contributed by atoms with Gasteiger partial charge in [0.1, 0.15) is 0 Å². The summed E-state index contributed by atoms with van der Waals surface area (Å²) in [5.74, 6) is 0. The summed E-state index contributed by atoms with van der Waals surface area (Å²) in [6.45, 7) is 0. The van der Waals surface area contributed by atoms with Gasteiger partial charge in [-0.25, -0.2) is 0 Å². The second kappa shape index (κ2) is 5.15. The summed E-state index contributed by atoms with van der Waals surface area (Å²) in [4.78, 5) is 4.32. The van der Waals surface area contributed by atoms with Crippen LogP contribution in [0.5, 0.6) is 0 Å². The molecule has 0 heterocycles. The molecule has 2 aromatic carbocycles. The Morgan fingerprint density at radius 3 is 2.31 bits per heavy atom. The van der Waals surface area contributed by atoms with E-state index in [0.717, 1.165) is 11.3 Å². The van der Waals surface area contributed by atoms with Crippen LogP contribution < -0.4 is 0 Å². The SMILES string of the molecule is Clc1ccc(/N=C/c2cccc(Cl)c2)cc1. The molecule has 3 heteroatoms. The molecule has 0 aliphatic carbocycles. The zero-order valence-electron chi connectivity index (χ0n) is 8.40. The molecule has 80 valence electrons. The number of benzene rings is 2. The zero-order valence-corrected chi connectivity index (χ0v) is 9.91. The number of halogens is 2. The van der Waals surface area contributed by atoms with Crippen molar-refractivity contribution in [3.8, 4) is 0 Å². The number of aliphatic imine (C=N–C) groups is 1. The minimum Gasteiger partial charge on any atom is -0.256 e. The van der Waals surface area contributed by atoms with Crippen LogP contribution in [-0.2, 0) is 0 Å². The summed E-state index contributed by atoms with van der Waals surface area (Å²) in [6.07, 6.45) is 1.77. The molecule has 1 nitrogen and oxygen atoms in total. The Bertz CT molecular complexity index is 504. The molecule has 16 heavy (non-hydrogen) atoms. The van der Waals surface area contributed by atoms with Crippen molar-refractivity contribution in [1.82, 2.24) is 0 Å². The fourth-order valence-corrected chi connectivity index (χ4v) is 1.59. The van der Waals surface area contributed by atoms with E-state index in [1.165, 1.54) is 0 Å². The van der Waals surface area contributed by atoms with Gasteiger partial charge < -0.3 is 0 Å². The van der Waals surface area contributed by atoms with Crippen molar-refractivity contribution in [2.45, 2.75) is 0 Å². The van der Waals surface area contributed by atoms with Gasteiger partial charge in [0.05, 0.1) is 5.69 Å². The average molecular weight is 250 g/mol. The van der Waals surface area contributed by atoms with Crippen LogP contribution in [-0.4, -0.2) is 6.21 Å². The Morgan fingerprint density at radius 2 is 1.62 bits per heavy atom. The molecule has 0 saturated heterocycles. The van der Waals surface area contributed by atoms with E-state index in [1.54, 1.807) is 6.21 Å². The van der Waals surface area contributed by atoms with E-state index in [4.69, 9.17) is 23.2 Å². The van der Waals surface area contributed by atoms with Crippen LogP contribution in [0.25, 0.3) is 0 Å². The number of hydrogen-bond acceptors (Lipinski definition) is 1. The molecule has 2 rings (SSSR count). The van der Waals surface area contributed by atoms with Crippen LogP contribution in [0.3, 0.4) is 0 Å². The van der Waals surface area contributed by atoms with Gasteiger partial charge in [-0.1, -0.05) is 35.3 Å². The summed E-state index contributed by atoms with van der Waals surface area (Å²) in [5.41, 5.74) is 1.84. The molecule has 0 radical (unpaired) electrons. The highest BCUT2D eigenvalue weighted by Gasteiger charge is 1.91. The molecule has 0 unspecified atom stereocenters. The maximum absolute atomic E-state index is 5.87. The molecular formula is C13H9Cl2N. The predicted octanol–water partition coefficient (Wildman–Crippen LogP) is 4.74. The maximum atomic E-state index is 5.87. The minimum absolute atomic E-state index is 0.708. The maximum Gasteiger partial charge on any atom is 0.0630 e. The van der Waals surface area contributed by atoms with Gasteiger partial charge in [0.15, 0.2) is 0 Å². The highest BCUT2D eigenvalue weighted by molar-refractivity contribution is 6.31. The molecule has 0 aliphatic rings. The lowest BCUT2D eigenvalue weighted by molar-refractivity contribution is 1.52. The fourth-order valence-electron chi connectivity index (χ4n) is 1.26. The normalized spacial score (nSPS) is 10.9. The monoisotopic (exact) mass is 249 g/mol. The van der Waals surface area contributed by atoms with Crippen LogP contribution >= 0.6 is 23.2 Å². The quantitative estimate of drug-likeness (QED) is 0.682. The first-order chi connectivity index (χ1) is 7.74. The van der Waals surface area contributed by atoms with E-state index in [1.807, 2.05) is 48.5 Å². The topological polar surface area (TPSA) is 12.4 Å². The standard InChI is InChI=1S/C13H9Cl2N/c14-11-4-6-13(7-5-11)16-9-10-2-1-3-12(15)8-10/h1-9H/b16-9+. The van der Waals surface area contributed by atoms with Crippen molar-refractivity contribution in [2.75, 3.05) is 0 Å². The third-order valence-electron chi connectivity index (χ3n) is 2.04. The number of nitrogens with zero attached hydrogens (tertiary/aromatic N) is 1.